The van der Waals surface area contributed by atoms with Crippen LogP contribution in [0.4, 0.5) is 30.7 Å². The van der Waals surface area contributed by atoms with E-state index in [1.54, 1.807) is 0 Å². The van der Waals surface area contributed by atoms with Gasteiger partial charge < -0.3 is 0 Å². The predicted octanol–water partition coefficient (Wildman–Crippen LogP) is 5.29. The van der Waals surface area contributed by atoms with E-state index >= 15 is 0 Å². The Balaban J connectivity index is 0.000000829. The molecule has 0 saturated carbocycles. The zero-order chi connectivity index (χ0) is 16.0. The van der Waals surface area contributed by atoms with Crippen molar-refractivity contribution < 1.29 is 30.7 Å². The second-order valence-electron chi connectivity index (χ2n) is 3.04. The highest BCUT2D eigenvalue weighted by Crippen LogP contribution is 2.29. The van der Waals surface area contributed by atoms with Gasteiger partial charge >= 0.3 is 0 Å². The van der Waals surface area contributed by atoms with Crippen molar-refractivity contribution in [1.82, 2.24) is 0 Å². The largest absolute Gasteiger partial charge is 0.255 e. The molecule has 2 aromatic rings. The fourth-order valence-electron chi connectivity index (χ4n) is 1.37. The molecule has 0 amide bonds. The molecule has 0 nitrogen and oxygen atoms in total. The SMILES string of the molecule is CC.CF.Fc1ccc2c(F)c(F)c(F)c(F)c2c1F. The van der Waals surface area contributed by atoms with Crippen LogP contribution in [-0.2, 0) is 0 Å². The van der Waals surface area contributed by atoms with E-state index in [1.807, 2.05) is 13.8 Å². The van der Waals surface area contributed by atoms with Crippen molar-refractivity contribution in [3.05, 3.63) is 47.0 Å². The molecule has 2 aromatic carbocycles. The lowest BCUT2D eigenvalue weighted by Gasteiger charge is -2.05. The van der Waals surface area contributed by atoms with Gasteiger partial charge in [-0.25, -0.2) is 26.3 Å². The first kappa shape index (κ1) is 18.2. The van der Waals surface area contributed by atoms with Crippen molar-refractivity contribution in [3.8, 4) is 0 Å². The Hall–Kier alpha value is -1.79. The van der Waals surface area contributed by atoms with Crippen molar-refractivity contribution in [2.45, 2.75) is 13.8 Å². The number of halogens is 7. The first-order valence-electron chi connectivity index (χ1n) is 5.42. The van der Waals surface area contributed by atoms with E-state index in [2.05, 4.69) is 0 Å². The summed E-state index contributed by atoms with van der Waals surface area (Å²) in [5.41, 5.74) is 0. The van der Waals surface area contributed by atoms with Crippen LogP contribution >= 0.6 is 0 Å². The summed E-state index contributed by atoms with van der Waals surface area (Å²) in [6.45, 7) is 4.00. The monoisotopic (exact) mass is 300 g/mol. The molecule has 0 saturated heterocycles. The summed E-state index contributed by atoms with van der Waals surface area (Å²) in [7, 11) is 0.500. The molecule has 112 valence electrons. The molecule has 0 heterocycles. The Morgan fingerprint density at radius 1 is 0.600 bits per heavy atom. The summed E-state index contributed by atoms with van der Waals surface area (Å²) in [6.07, 6.45) is 0. The third-order valence-electron chi connectivity index (χ3n) is 2.13. The summed E-state index contributed by atoms with van der Waals surface area (Å²) in [5, 5.41) is -2.09. The zero-order valence-electron chi connectivity index (χ0n) is 10.8. The minimum absolute atomic E-state index is 0.498. The zero-order valence-corrected chi connectivity index (χ0v) is 10.8. The van der Waals surface area contributed by atoms with E-state index in [4.69, 9.17) is 0 Å². The van der Waals surface area contributed by atoms with Gasteiger partial charge in [0.1, 0.15) is 0 Å². The van der Waals surface area contributed by atoms with Crippen LogP contribution in [0.25, 0.3) is 10.8 Å². The highest BCUT2D eigenvalue weighted by atomic mass is 19.2. The molecule has 0 aliphatic carbocycles. The highest BCUT2D eigenvalue weighted by Gasteiger charge is 2.23. The Morgan fingerprint density at radius 3 is 1.55 bits per heavy atom. The molecule has 0 aromatic heterocycles. The fourth-order valence-corrected chi connectivity index (χ4v) is 1.37. The van der Waals surface area contributed by atoms with Gasteiger partial charge in [-0.3, -0.25) is 4.39 Å². The second kappa shape index (κ2) is 7.72. The highest BCUT2D eigenvalue weighted by molar-refractivity contribution is 5.84. The van der Waals surface area contributed by atoms with Gasteiger partial charge in [-0.1, -0.05) is 13.8 Å². The van der Waals surface area contributed by atoms with Crippen molar-refractivity contribution in [2.24, 2.45) is 0 Å². The van der Waals surface area contributed by atoms with Crippen LogP contribution in [0.1, 0.15) is 13.8 Å². The number of hydrogen-bond donors (Lipinski definition) is 0. The molecule has 2 rings (SSSR count). The summed E-state index contributed by atoms with van der Waals surface area (Å²) in [4.78, 5) is 0. The lowest BCUT2D eigenvalue weighted by molar-refractivity contribution is 0.414. The summed E-state index contributed by atoms with van der Waals surface area (Å²) in [6, 6.07) is 1.13. The first-order valence-corrected chi connectivity index (χ1v) is 5.42. The van der Waals surface area contributed by atoms with E-state index in [0.29, 0.717) is 19.3 Å². The third-order valence-corrected chi connectivity index (χ3v) is 2.13. The van der Waals surface area contributed by atoms with E-state index in [9.17, 15) is 30.7 Å². The molecule has 0 spiro atoms. The van der Waals surface area contributed by atoms with Crippen LogP contribution < -0.4 is 0 Å². The molecule has 0 atom stereocenters. The summed E-state index contributed by atoms with van der Waals surface area (Å²) < 4.78 is 87.0. The molecule has 20 heavy (non-hydrogen) atoms. The molecule has 0 bridgehead atoms. The van der Waals surface area contributed by atoms with Gasteiger partial charge in [0.15, 0.2) is 34.9 Å². The third kappa shape index (κ3) is 3.02. The Bertz CT molecular complexity index is 593. The average molecular weight is 300 g/mol. The van der Waals surface area contributed by atoms with Gasteiger partial charge in [0.2, 0.25) is 0 Å². The standard InChI is InChI=1S/C10H2F6.C2H6.CH3F/c11-4-2-1-3-5(7(4)13)8(14)10(16)9(15)6(3)12;2*1-2/h1-2H;1-2H3;1H3. The Labute approximate surface area is 110 Å². The first-order chi connectivity index (χ1) is 9.45. The maximum atomic E-state index is 13.1. The quantitative estimate of drug-likeness (QED) is 0.352. The average Bonchev–Trinajstić information content (AvgIpc) is 2.49. The van der Waals surface area contributed by atoms with Gasteiger partial charge in [0, 0.05) is 5.39 Å². The van der Waals surface area contributed by atoms with E-state index in [1.165, 1.54) is 0 Å². The number of hydrogen-bond acceptors (Lipinski definition) is 0. The van der Waals surface area contributed by atoms with E-state index < -0.39 is 45.7 Å². The number of rotatable bonds is 0. The molecule has 0 radical (unpaired) electrons. The topological polar surface area (TPSA) is 0 Å². The van der Waals surface area contributed by atoms with Gasteiger partial charge in [-0.2, -0.15) is 0 Å². The molecule has 0 aliphatic heterocycles. The van der Waals surface area contributed by atoms with Crippen LogP contribution in [0.2, 0.25) is 0 Å². The van der Waals surface area contributed by atoms with Crippen LogP contribution in [0.15, 0.2) is 12.1 Å². The lowest BCUT2D eigenvalue weighted by Crippen LogP contribution is -2.01. The molecule has 0 fully saturated rings. The fraction of sp³-hybridized carbons (Fsp3) is 0.231. The van der Waals surface area contributed by atoms with Gasteiger partial charge in [-0.05, 0) is 12.1 Å². The normalized spacial score (nSPS) is 9.50. The van der Waals surface area contributed by atoms with E-state index in [0.717, 1.165) is 0 Å². The maximum absolute atomic E-state index is 13.1. The van der Waals surface area contributed by atoms with Crippen LogP contribution in [-0.4, -0.2) is 7.18 Å². The lowest BCUT2D eigenvalue weighted by atomic mass is 10.1. The van der Waals surface area contributed by atoms with Crippen LogP contribution in [0.3, 0.4) is 0 Å². The van der Waals surface area contributed by atoms with Crippen molar-refractivity contribution >= 4 is 10.8 Å². The second-order valence-corrected chi connectivity index (χ2v) is 3.04. The molecule has 0 unspecified atom stereocenters. The number of benzene rings is 2. The minimum atomic E-state index is -2.17. The molecular formula is C13H11F7. The van der Waals surface area contributed by atoms with Gasteiger partial charge in [0.25, 0.3) is 0 Å². The van der Waals surface area contributed by atoms with Crippen LogP contribution in [0, 0.1) is 34.9 Å². The smallest absolute Gasteiger partial charge is 0.198 e. The number of fused-ring (bicyclic) bond motifs is 1. The molecule has 0 N–H and O–H groups in total. The molecule has 7 heteroatoms. The Kier molecular flexibility index (Phi) is 7.02. The molecular weight excluding hydrogens is 289 g/mol. The van der Waals surface area contributed by atoms with Gasteiger partial charge in [-0.15, -0.1) is 0 Å². The van der Waals surface area contributed by atoms with Crippen molar-refractivity contribution in [2.75, 3.05) is 7.18 Å². The van der Waals surface area contributed by atoms with E-state index in [-0.39, 0.29) is 0 Å². The summed E-state index contributed by atoms with van der Waals surface area (Å²) in [5.74, 6) is -11.2. The minimum Gasteiger partial charge on any atom is -0.255 e. The molecule has 0 aliphatic rings. The van der Waals surface area contributed by atoms with Crippen molar-refractivity contribution in [3.63, 3.8) is 0 Å². The predicted molar refractivity (Wildman–Crippen MR) is 62.1 cm³/mol. The van der Waals surface area contributed by atoms with Crippen molar-refractivity contribution in [1.29, 1.82) is 0 Å². The number of alkyl halides is 1. The van der Waals surface area contributed by atoms with Crippen LogP contribution in [0.5, 0.6) is 0 Å². The van der Waals surface area contributed by atoms with Gasteiger partial charge in [0.05, 0.1) is 12.6 Å². The summed E-state index contributed by atoms with van der Waals surface area (Å²) >= 11 is 0. The maximum Gasteiger partial charge on any atom is 0.198 e. The Morgan fingerprint density at radius 2 is 1.05 bits per heavy atom.